The van der Waals surface area contributed by atoms with E-state index in [1.54, 1.807) is 0 Å². The maximum Gasteiger partial charge on any atom is 0.0730 e. The predicted octanol–water partition coefficient (Wildman–Crippen LogP) is 2.37. The molecule has 2 unspecified atom stereocenters. The van der Waals surface area contributed by atoms with Crippen LogP contribution in [0.1, 0.15) is 46.5 Å². The highest BCUT2D eigenvalue weighted by Gasteiger charge is 2.43. The van der Waals surface area contributed by atoms with E-state index >= 15 is 0 Å². The first-order valence-corrected chi connectivity index (χ1v) is 6.83. The summed E-state index contributed by atoms with van der Waals surface area (Å²) in [6.07, 6.45) is 3.72. The van der Waals surface area contributed by atoms with E-state index in [1.165, 1.54) is 0 Å². The summed E-state index contributed by atoms with van der Waals surface area (Å²) < 4.78 is 11.4. The quantitative estimate of drug-likeness (QED) is 0.767. The van der Waals surface area contributed by atoms with Crippen LogP contribution in [0, 0.1) is 11.3 Å². The van der Waals surface area contributed by atoms with E-state index in [2.05, 4.69) is 20.8 Å². The Bertz CT molecular complexity index is 245. The molecule has 3 nitrogen and oxygen atoms in total. The molecular formula is C14H26O3. The standard InChI is InChI=1S/C14H26O3/c1-13(2,3)12(15)11-4-7-17-14(10-11)5-8-16-9-6-14/h11-12,15H,4-10H2,1-3H3. The van der Waals surface area contributed by atoms with Crippen molar-refractivity contribution in [2.75, 3.05) is 19.8 Å². The fourth-order valence-corrected chi connectivity index (χ4v) is 3.13. The molecule has 0 aromatic rings. The predicted molar refractivity (Wildman–Crippen MR) is 66.9 cm³/mol. The van der Waals surface area contributed by atoms with Crippen LogP contribution in [0.4, 0.5) is 0 Å². The first-order chi connectivity index (χ1) is 7.93. The Labute approximate surface area is 104 Å². The fourth-order valence-electron chi connectivity index (χ4n) is 3.13. The molecule has 2 aliphatic heterocycles. The van der Waals surface area contributed by atoms with Crippen molar-refractivity contribution in [3.05, 3.63) is 0 Å². The Morgan fingerprint density at radius 2 is 1.82 bits per heavy atom. The fraction of sp³-hybridized carbons (Fsp3) is 1.00. The minimum Gasteiger partial charge on any atom is -0.392 e. The topological polar surface area (TPSA) is 38.7 Å². The lowest BCUT2D eigenvalue weighted by Gasteiger charge is -2.46. The molecule has 2 heterocycles. The van der Waals surface area contributed by atoms with Gasteiger partial charge in [-0.25, -0.2) is 0 Å². The third-order valence-electron chi connectivity index (χ3n) is 4.27. The third-order valence-corrected chi connectivity index (χ3v) is 4.27. The lowest BCUT2D eigenvalue weighted by Crippen LogP contribution is -2.48. The lowest BCUT2D eigenvalue weighted by molar-refractivity contribution is -0.166. The van der Waals surface area contributed by atoms with Gasteiger partial charge in [0.25, 0.3) is 0 Å². The van der Waals surface area contributed by atoms with E-state index in [-0.39, 0.29) is 17.1 Å². The van der Waals surface area contributed by atoms with Gasteiger partial charge in [-0.1, -0.05) is 20.8 Å². The van der Waals surface area contributed by atoms with Crippen LogP contribution in [0.2, 0.25) is 0 Å². The average Bonchev–Trinajstić information content (AvgIpc) is 2.28. The zero-order valence-electron chi connectivity index (χ0n) is 11.4. The number of aliphatic hydroxyl groups is 1. The summed E-state index contributed by atoms with van der Waals surface area (Å²) in [6.45, 7) is 8.74. The summed E-state index contributed by atoms with van der Waals surface area (Å²) in [7, 11) is 0. The molecule has 2 saturated heterocycles. The number of rotatable bonds is 1. The van der Waals surface area contributed by atoms with Crippen LogP contribution in [0.15, 0.2) is 0 Å². The van der Waals surface area contributed by atoms with Crippen LogP contribution >= 0.6 is 0 Å². The van der Waals surface area contributed by atoms with Crippen LogP contribution in [-0.4, -0.2) is 36.6 Å². The second-order valence-electron chi connectivity index (χ2n) is 6.71. The second-order valence-corrected chi connectivity index (χ2v) is 6.71. The Balaban J connectivity index is 2.01. The molecule has 0 aromatic carbocycles. The third kappa shape index (κ3) is 3.01. The molecule has 3 heteroatoms. The van der Waals surface area contributed by atoms with Crippen molar-refractivity contribution in [2.24, 2.45) is 11.3 Å². The Kier molecular flexibility index (Phi) is 3.81. The molecule has 2 rings (SSSR count). The molecule has 2 aliphatic rings. The highest BCUT2D eigenvalue weighted by atomic mass is 16.5. The van der Waals surface area contributed by atoms with Gasteiger partial charge in [0.1, 0.15) is 0 Å². The van der Waals surface area contributed by atoms with Crippen molar-refractivity contribution in [2.45, 2.75) is 58.2 Å². The van der Waals surface area contributed by atoms with E-state index in [4.69, 9.17) is 9.47 Å². The number of hydrogen-bond donors (Lipinski definition) is 1. The van der Waals surface area contributed by atoms with E-state index in [0.29, 0.717) is 5.92 Å². The molecule has 0 aromatic heterocycles. The minimum absolute atomic E-state index is 0.00655. The number of aliphatic hydroxyl groups excluding tert-OH is 1. The van der Waals surface area contributed by atoms with Crippen LogP contribution in [0.5, 0.6) is 0 Å². The molecule has 17 heavy (non-hydrogen) atoms. The van der Waals surface area contributed by atoms with Gasteiger partial charge in [0.05, 0.1) is 11.7 Å². The summed E-state index contributed by atoms with van der Waals surface area (Å²) in [4.78, 5) is 0. The summed E-state index contributed by atoms with van der Waals surface area (Å²) in [5.74, 6) is 0.377. The summed E-state index contributed by atoms with van der Waals surface area (Å²) in [6, 6.07) is 0. The van der Waals surface area contributed by atoms with Gasteiger partial charge in [-0.3, -0.25) is 0 Å². The van der Waals surface area contributed by atoms with E-state index < -0.39 is 0 Å². The van der Waals surface area contributed by atoms with Gasteiger partial charge in [-0.2, -0.15) is 0 Å². The van der Waals surface area contributed by atoms with Gasteiger partial charge in [-0.05, 0) is 37.0 Å². The van der Waals surface area contributed by atoms with Gasteiger partial charge < -0.3 is 14.6 Å². The maximum absolute atomic E-state index is 10.4. The van der Waals surface area contributed by atoms with E-state index in [1.807, 2.05) is 0 Å². The smallest absolute Gasteiger partial charge is 0.0730 e. The van der Waals surface area contributed by atoms with Crippen LogP contribution in [0.3, 0.4) is 0 Å². The van der Waals surface area contributed by atoms with Gasteiger partial charge in [0.15, 0.2) is 0 Å². The maximum atomic E-state index is 10.4. The lowest BCUT2D eigenvalue weighted by atomic mass is 9.72. The molecule has 100 valence electrons. The van der Waals surface area contributed by atoms with Crippen molar-refractivity contribution in [3.63, 3.8) is 0 Å². The first-order valence-electron chi connectivity index (χ1n) is 6.83. The van der Waals surface area contributed by atoms with Crippen LogP contribution in [0.25, 0.3) is 0 Å². The molecule has 2 fully saturated rings. The largest absolute Gasteiger partial charge is 0.392 e. The van der Waals surface area contributed by atoms with Crippen LogP contribution in [-0.2, 0) is 9.47 Å². The molecule has 0 aliphatic carbocycles. The zero-order chi connectivity index (χ0) is 12.5. The van der Waals surface area contributed by atoms with E-state index in [0.717, 1.165) is 45.5 Å². The zero-order valence-corrected chi connectivity index (χ0v) is 11.4. The van der Waals surface area contributed by atoms with Crippen molar-refractivity contribution >= 4 is 0 Å². The Morgan fingerprint density at radius 3 is 2.41 bits per heavy atom. The normalized spacial score (nSPS) is 31.4. The average molecular weight is 242 g/mol. The minimum atomic E-state index is -0.230. The second kappa shape index (κ2) is 4.87. The molecule has 0 saturated carbocycles. The van der Waals surface area contributed by atoms with Gasteiger partial charge in [0.2, 0.25) is 0 Å². The van der Waals surface area contributed by atoms with Gasteiger partial charge in [-0.15, -0.1) is 0 Å². The van der Waals surface area contributed by atoms with Crippen molar-refractivity contribution in [1.82, 2.24) is 0 Å². The SMILES string of the molecule is CC(C)(C)C(O)C1CCOC2(CCOCC2)C1. The Morgan fingerprint density at radius 1 is 1.18 bits per heavy atom. The summed E-state index contributed by atoms with van der Waals surface area (Å²) >= 11 is 0. The van der Waals surface area contributed by atoms with E-state index in [9.17, 15) is 5.11 Å². The molecule has 0 amide bonds. The molecule has 0 radical (unpaired) electrons. The highest BCUT2D eigenvalue weighted by Crippen LogP contribution is 2.41. The molecule has 1 N–H and O–H groups in total. The molecule has 2 atom stereocenters. The number of hydrogen-bond acceptors (Lipinski definition) is 3. The monoisotopic (exact) mass is 242 g/mol. The van der Waals surface area contributed by atoms with Crippen molar-refractivity contribution < 1.29 is 14.6 Å². The van der Waals surface area contributed by atoms with Gasteiger partial charge >= 0.3 is 0 Å². The van der Waals surface area contributed by atoms with Crippen molar-refractivity contribution in [3.8, 4) is 0 Å². The highest BCUT2D eigenvalue weighted by molar-refractivity contribution is 4.93. The molecule has 1 spiro atoms. The molecule has 0 bridgehead atoms. The first kappa shape index (κ1) is 13.3. The summed E-state index contributed by atoms with van der Waals surface area (Å²) in [5.41, 5.74) is -0.0399. The van der Waals surface area contributed by atoms with Crippen LogP contribution < -0.4 is 0 Å². The summed E-state index contributed by atoms with van der Waals surface area (Å²) in [5, 5.41) is 10.4. The Hall–Kier alpha value is -0.120. The molecular weight excluding hydrogens is 216 g/mol. The van der Waals surface area contributed by atoms with Gasteiger partial charge in [0, 0.05) is 19.8 Å². The number of ether oxygens (including phenoxy) is 2. The van der Waals surface area contributed by atoms with Crippen molar-refractivity contribution in [1.29, 1.82) is 0 Å².